The molecule has 0 saturated heterocycles. The van der Waals surface area contributed by atoms with Crippen molar-refractivity contribution in [1.29, 1.82) is 0 Å². The first kappa shape index (κ1) is 12.0. The van der Waals surface area contributed by atoms with Gasteiger partial charge in [0.25, 0.3) is 0 Å². The summed E-state index contributed by atoms with van der Waals surface area (Å²) in [6, 6.07) is 0. The first-order valence-corrected chi connectivity index (χ1v) is 5.66. The van der Waals surface area contributed by atoms with Gasteiger partial charge >= 0.3 is 0 Å². The van der Waals surface area contributed by atoms with E-state index in [1.54, 1.807) is 0 Å². The third kappa shape index (κ3) is 8.10. The minimum Gasteiger partial charge on any atom is -0.0654 e. The van der Waals surface area contributed by atoms with E-state index in [1.165, 1.54) is 38.5 Å². The summed E-state index contributed by atoms with van der Waals surface area (Å²) in [7, 11) is 0. The number of unbranched alkanes of at least 4 members (excludes halogenated alkanes) is 1. The Labute approximate surface area is 78.8 Å². The van der Waals surface area contributed by atoms with Gasteiger partial charge in [-0.05, 0) is 11.8 Å². The van der Waals surface area contributed by atoms with Gasteiger partial charge in [-0.1, -0.05) is 66.2 Å². The second-order valence-corrected chi connectivity index (χ2v) is 4.57. The molecular formula is C12H26. The van der Waals surface area contributed by atoms with Crippen LogP contribution in [0, 0.1) is 11.8 Å². The van der Waals surface area contributed by atoms with Gasteiger partial charge in [-0.25, -0.2) is 0 Å². The van der Waals surface area contributed by atoms with Crippen LogP contribution in [-0.2, 0) is 0 Å². The third-order valence-electron chi connectivity index (χ3n) is 2.53. The number of rotatable bonds is 7. The van der Waals surface area contributed by atoms with E-state index in [9.17, 15) is 0 Å². The van der Waals surface area contributed by atoms with Crippen molar-refractivity contribution in [2.75, 3.05) is 0 Å². The zero-order valence-corrected chi connectivity index (χ0v) is 9.40. The van der Waals surface area contributed by atoms with Crippen LogP contribution >= 0.6 is 0 Å². The molecule has 0 unspecified atom stereocenters. The number of hydrogen-bond acceptors (Lipinski definition) is 0. The lowest BCUT2D eigenvalue weighted by molar-refractivity contribution is 0.425. The highest BCUT2D eigenvalue weighted by Gasteiger charge is 2.01. The summed E-state index contributed by atoms with van der Waals surface area (Å²) >= 11 is 0. The van der Waals surface area contributed by atoms with E-state index in [2.05, 4.69) is 27.7 Å². The van der Waals surface area contributed by atoms with Crippen LogP contribution in [0.1, 0.15) is 66.2 Å². The Morgan fingerprint density at radius 1 is 0.833 bits per heavy atom. The second-order valence-electron chi connectivity index (χ2n) is 4.57. The van der Waals surface area contributed by atoms with Crippen LogP contribution < -0.4 is 0 Å². The Balaban J connectivity index is 3.13. The molecule has 0 aliphatic rings. The summed E-state index contributed by atoms with van der Waals surface area (Å²) in [5.41, 5.74) is 0. The van der Waals surface area contributed by atoms with E-state index in [0.717, 1.165) is 11.8 Å². The fraction of sp³-hybridized carbons (Fsp3) is 1.00. The molecule has 1 atom stereocenters. The molecule has 0 nitrogen and oxygen atoms in total. The molecule has 0 aromatic rings. The van der Waals surface area contributed by atoms with Gasteiger partial charge in [0.2, 0.25) is 0 Å². The lowest BCUT2D eigenvalue weighted by Gasteiger charge is -2.11. The lowest BCUT2D eigenvalue weighted by atomic mass is 9.96. The Hall–Kier alpha value is 0. The smallest absolute Gasteiger partial charge is 0.0443 e. The monoisotopic (exact) mass is 170 g/mol. The van der Waals surface area contributed by atoms with Crippen molar-refractivity contribution in [2.45, 2.75) is 66.2 Å². The zero-order valence-electron chi connectivity index (χ0n) is 9.40. The van der Waals surface area contributed by atoms with Gasteiger partial charge in [0.05, 0.1) is 0 Å². The minimum atomic E-state index is 0.892. The standard InChI is InChI=1S/C12H26/c1-5-6-9-12(4)10-7-8-11(2)3/h11-12H,5-10H2,1-4H3/t12-/m1/s1. The maximum absolute atomic E-state index is 2.40. The SMILES string of the molecule is CCCC[C@@H](C)CCCC(C)C. The highest BCUT2D eigenvalue weighted by atomic mass is 14.1. The maximum Gasteiger partial charge on any atom is -0.0443 e. The van der Waals surface area contributed by atoms with Crippen molar-refractivity contribution in [3.63, 3.8) is 0 Å². The maximum atomic E-state index is 2.40. The van der Waals surface area contributed by atoms with E-state index in [1.807, 2.05) is 0 Å². The molecule has 0 saturated carbocycles. The van der Waals surface area contributed by atoms with Gasteiger partial charge in [0.15, 0.2) is 0 Å². The Bertz CT molecular complexity index is 84.0. The highest BCUT2D eigenvalue weighted by Crippen LogP contribution is 2.16. The van der Waals surface area contributed by atoms with Gasteiger partial charge in [-0.2, -0.15) is 0 Å². The Kier molecular flexibility index (Phi) is 7.64. The van der Waals surface area contributed by atoms with E-state index in [-0.39, 0.29) is 0 Å². The highest BCUT2D eigenvalue weighted by molar-refractivity contribution is 4.54. The molecule has 12 heavy (non-hydrogen) atoms. The van der Waals surface area contributed by atoms with Crippen LogP contribution in [0.4, 0.5) is 0 Å². The van der Waals surface area contributed by atoms with E-state index < -0.39 is 0 Å². The largest absolute Gasteiger partial charge is 0.0654 e. The van der Waals surface area contributed by atoms with Crippen LogP contribution in [0.2, 0.25) is 0 Å². The molecule has 0 aliphatic carbocycles. The molecule has 0 heterocycles. The molecule has 0 N–H and O–H groups in total. The van der Waals surface area contributed by atoms with Crippen LogP contribution in [0.3, 0.4) is 0 Å². The van der Waals surface area contributed by atoms with Gasteiger partial charge in [-0.15, -0.1) is 0 Å². The minimum absolute atomic E-state index is 0.892. The van der Waals surface area contributed by atoms with Crippen molar-refractivity contribution in [3.8, 4) is 0 Å². The molecule has 0 radical (unpaired) electrons. The molecule has 0 amide bonds. The molecule has 0 aliphatic heterocycles. The van der Waals surface area contributed by atoms with Gasteiger partial charge in [-0.3, -0.25) is 0 Å². The summed E-state index contributed by atoms with van der Waals surface area (Å²) in [5, 5.41) is 0. The summed E-state index contributed by atoms with van der Waals surface area (Å²) < 4.78 is 0. The predicted molar refractivity (Wildman–Crippen MR) is 57.4 cm³/mol. The topological polar surface area (TPSA) is 0 Å². The average molecular weight is 170 g/mol. The summed E-state index contributed by atoms with van der Waals surface area (Å²) in [4.78, 5) is 0. The van der Waals surface area contributed by atoms with Crippen LogP contribution in [0.15, 0.2) is 0 Å². The first-order valence-electron chi connectivity index (χ1n) is 5.66. The molecule has 0 spiro atoms. The molecule has 0 fully saturated rings. The summed E-state index contributed by atoms with van der Waals surface area (Å²) in [6.07, 6.45) is 8.50. The molecule has 0 aromatic carbocycles. The van der Waals surface area contributed by atoms with Crippen LogP contribution in [0.25, 0.3) is 0 Å². The van der Waals surface area contributed by atoms with Crippen molar-refractivity contribution in [3.05, 3.63) is 0 Å². The normalized spacial score (nSPS) is 13.8. The quantitative estimate of drug-likeness (QED) is 0.522. The van der Waals surface area contributed by atoms with Crippen molar-refractivity contribution >= 4 is 0 Å². The predicted octanol–water partition coefficient (Wildman–Crippen LogP) is 4.64. The second kappa shape index (κ2) is 7.64. The van der Waals surface area contributed by atoms with Crippen molar-refractivity contribution in [1.82, 2.24) is 0 Å². The average Bonchev–Trinajstić information content (AvgIpc) is 2.00. The summed E-state index contributed by atoms with van der Waals surface area (Å²) in [5.74, 6) is 1.85. The molecule has 0 bridgehead atoms. The zero-order chi connectivity index (χ0) is 9.40. The molecule has 0 aromatic heterocycles. The Morgan fingerprint density at radius 2 is 1.42 bits per heavy atom. The number of hydrogen-bond donors (Lipinski definition) is 0. The van der Waals surface area contributed by atoms with Crippen LogP contribution in [-0.4, -0.2) is 0 Å². The van der Waals surface area contributed by atoms with Crippen LogP contribution in [0.5, 0.6) is 0 Å². The summed E-state index contributed by atoms with van der Waals surface area (Å²) in [6.45, 7) is 9.31. The van der Waals surface area contributed by atoms with E-state index in [0.29, 0.717) is 0 Å². The van der Waals surface area contributed by atoms with Gasteiger partial charge in [0, 0.05) is 0 Å². The van der Waals surface area contributed by atoms with Crippen molar-refractivity contribution < 1.29 is 0 Å². The third-order valence-corrected chi connectivity index (χ3v) is 2.53. The van der Waals surface area contributed by atoms with E-state index in [4.69, 9.17) is 0 Å². The first-order chi connectivity index (χ1) is 5.66. The van der Waals surface area contributed by atoms with Gasteiger partial charge < -0.3 is 0 Å². The molecular weight excluding hydrogens is 144 g/mol. The fourth-order valence-electron chi connectivity index (χ4n) is 1.57. The molecule has 0 heteroatoms. The fourth-order valence-corrected chi connectivity index (χ4v) is 1.57. The van der Waals surface area contributed by atoms with Gasteiger partial charge in [0.1, 0.15) is 0 Å². The lowest BCUT2D eigenvalue weighted by Crippen LogP contribution is -1.96. The molecule has 74 valence electrons. The molecule has 0 rings (SSSR count). The van der Waals surface area contributed by atoms with Crippen molar-refractivity contribution in [2.24, 2.45) is 11.8 Å². The Morgan fingerprint density at radius 3 is 1.92 bits per heavy atom. The van der Waals surface area contributed by atoms with E-state index >= 15 is 0 Å².